The molecule has 4 aromatic rings. The monoisotopic (exact) mass is 540 g/mol. The summed E-state index contributed by atoms with van der Waals surface area (Å²) in [6.07, 6.45) is -0.251. The van der Waals surface area contributed by atoms with Crippen molar-refractivity contribution in [2.45, 2.75) is 32.9 Å². The number of aryl methyl sites for hydroxylation is 2. The number of nitrogens with zero attached hydrogens (tertiary/aromatic N) is 3. The van der Waals surface area contributed by atoms with E-state index in [-0.39, 0.29) is 29.4 Å². The molecule has 0 atom stereocenters. The third-order valence-electron chi connectivity index (χ3n) is 5.89. The number of ketones is 2. The van der Waals surface area contributed by atoms with Crippen molar-refractivity contribution in [3.05, 3.63) is 103 Å². The molecule has 0 saturated heterocycles. The summed E-state index contributed by atoms with van der Waals surface area (Å²) in [5, 5.41) is 2.85. The molecular weight excluding hydrogens is 517 g/mol. The van der Waals surface area contributed by atoms with Crippen molar-refractivity contribution in [2.24, 2.45) is 4.99 Å². The number of benzene rings is 1. The van der Waals surface area contributed by atoms with E-state index < -0.39 is 17.3 Å². The Morgan fingerprint density at radius 2 is 1.63 bits per heavy atom. The number of aliphatic imine (C=N–C) groups is 1. The van der Waals surface area contributed by atoms with Crippen LogP contribution in [0.3, 0.4) is 0 Å². The molecule has 7 nitrogen and oxygen atoms in total. The number of H-pyrrole nitrogens is 1. The molecular formula is C27H23F3N4O3S. The third kappa shape index (κ3) is 6.05. The van der Waals surface area contributed by atoms with E-state index >= 15 is 0 Å². The molecule has 196 valence electrons. The first-order chi connectivity index (χ1) is 18.0. The molecule has 11 heteroatoms. The van der Waals surface area contributed by atoms with Gasteiger partial charge in [0.25, 0.3) is 5.56 Å². The molecule has 0 aliphatic heterocycles. The molecule has 0 unspecified atom stereocenters. The van der Waals surface area contributed by atoms with E-state index in [1.165, 1.54) is 12.1 Å². The quantitative estimate of drug-likeness (QED) is 0.225. The average molecular weight is 541 g/mol. The summed E-state index contributed by atoms with van der Waals surface area (Å²) in [5.74, 6) is -0.351. The number of nitrogens with one attached hydrogen (secondary N) is 1. The lowest BCUT2D eigenvalue weighted by Gasteiger charge is -2.07. The lowest BCUT2D eigenvalue weighted by atomic mass is 10.1. The number of rotatable bonds is 9. The standard InChI is InChI=1S/C27H23F3N4O3S/c1-16(25-17(2)33-34(26(25)37)20-6-4-19(5-7-20)27(28,29)30)32-15-22(36)24-10-9-23(38-24)21(35)8-3-18-11-13-31-14-12-18/h4-7,9-14,33H,3,8,15H2,1-2H3. The van der Waals surface area contributed by atoms with Crippen LogP contribution in [-0.2, 0) is 12.6 Å². The van der Waals surface area contributed by atoms with Crippen LogP contribution < -0.4 is 5.56 Å². The zero-order valence-corrected chi connectivity index (χ0v) is 21.3. The second-order valence-corrected chi connectivity index (χ2v) is 9.65. The van der Waals surface area contributed by atoms with Gasteiger partial charge in [0.15, 0.2) is 11.6 Å². The number of alkyl halides is 3. The second-order valence-electron chi connectivity index (χ2n) is 8.56. The number of halogens is 3. The molecule has 3 heterocycles. The Morgan fingerprint density at radius 1 is 1.00 bits per heavy atom. The van der Waals surface area contributed by atoms with Crippen LogP contribution in [0.1, 0.15) is 55.1 Å². The largest absolute Gasteiger partial charge is 0.416 e. The van der Waals surface area contributed by atoms with E-state index in [9.17, 15) is 27.6 Å². The molecule has 0 bridgehead atoms. The van der Waals surface area contributed by atoms with Crippen molar-refractivity contribution in [2.75, 3.05) is 6.54 Å². The highest BCUT2D eigenvalue weighted by molar-refractivity contribution is 7.16. The predicted octanol–water partition coefficient (Wildman–Crippen LogP) is 5.46. The maximum absolute atomic E-state index is 13.0. The number of thiophene rings is 1. The number of pyridine rings is 1. The van der Waals surface area contributed by atoms with Crippen molar-refractivity contribution in [1.29, 1.82) is 0 Å². The first-order valence-electron chi connectivity index (χ1n) is 11.6. The van der Waals surface area contributed by atoms with Gasteiger partial charge in [0, 0.05) is 30.2 Å². The van der Waals surface area contributed by atoms with Crippen molar-refractivity contribution in [3.8, 4) is 5.69 Å². The number of carbonyl (C=O) groups excluding carboxylic acids is 2. The molecule has 0 saturated carbocycles. The molecule has 1 aromatic carbocycles. The van der Waals surface area contributed by atoms with Crippen LogP contribution in [0.5, 0.6) is 0 Å². The molecule has 0 aliphatic rings. The fraction of sp³-hybridized carbons (Fsp3) is 0.222. The number of aromatic amines is 1. The number of hydrogen-bond acceptors (Lipinski definition) is 6. The summed E-state index contributed by atoms with van der Waals surface area (Å²) in [5.41, 5.74) is 0.936. The van der Waals surface area contributed by atoms with E-state index in [0.29, 0.717) is 34.0 Å². The van der Waals surface area contributed by atoms with Crippen LogP contribution >= 0.6 is 11.3 Å². The minimum Gasteiger partial charge on any atom is -0.295 e. The molecule has 0 fully saturated rings. The molecule has 0 amide bonds. The van der Waals surface area contributed by atoms with E-state index in [2.05, 4.69) is 15.1 Å². The average Bonchev–Trinajstić information content (AvgIpc) is 3.50. The Balaban J connectivity index is 1.43. The predicted molar refractivity (Wildman–Crippen MR) is 139 cm³/mol. The maximum Gasteiger partial charge on any atom is 0.416 e. The van der Waals surface area contributed by atoms with Crippen LogP contribution in [0.25, 0.3) is 5.69 Å². The Labute approximate surface area is 219 Å². The smallest absolute Gasteiger partial charge is 0.295 e. The molecule has 0 spiro atoms. The second kappa shape index (κ2) is 11.1. The van der Waals surface area contributed by atoms with E-state index in [0.717, 1.165) is 33.7 Å². The zero-order valence-electron chi connectivity index (χ0n) is 20.5. The summed E-state index contributed by atoms with van der Waals surface area (Å²) in [6, 6.07) is 11.1. The van der Waals surface area contributed by atoms with Crippen LogP contribution in [0.15, 0.2) is 70.7 Å². The highest BCUT2D eigenvalue weighted by atomic mass is 32.1. The zero-order chi connectivity index (χ0) is 27.4. The van der Waals surface area contributed by atoms with Gasteiger partial charge in [-0.1, -0.05) is 0 Å². The van der Waals surface area contributed by atoms with Crippen molar-refractivity contribution in [1.82, 2.24) is 14.8 Å². The Kier molecular flexibility index (Phi) is 7.86. The van der Waals surface area contributed by atoms with Gasteiger partial charge in [0.1, 0.15) is 6.54 Å². The summed E-state index contributed by atoms with van der Waals surface area (Å²) >= 11 is 1.11. The fourth-order valence-electron chi connectivity index (χ4n) is 3.87. The Bertz CT molecular complexity index is 1550. The maximum atomic E-state index is 13.0. The van der Waals surface area contributed by atoms with Gasteiger partial charge < -0.3 is 0 Å². The third-order valence-corrected chi connectivity index (χ3v) is 7.06. The first kappa shape index (κ1) is 26.9. The normalized spacial score (nSPS) is 12.1. The fourth-order valence-corrected chi connectivity index (χ4v) is 4.77. The molecule has 0 radical (unpaired) electrons. The van der Waals surface area contributed by atoms with Gasteiger partial charge in [-0.05, 0) is 74.4 Å². The highest BCUT2D eigenvalue weighted by Gasteiger charge is 2.30. The van der Waals surface area contributed by atoms with Crippen LogP contribution in [0.4, 0.5) is 13.2 Å². The summed E-state index contributed by atoms with van der Waals surface area (Å²) in [7, 11) is 0. The van der Waals surface area contributed by atoms with Gasteiger partial charge in [-0.3, -0.25) is 29.5 Å². The summed E-state index contributed by atoms with van der Waals surface area (Å²) in [4.78, 5) is 47.3. The molecule has 38 heavy (non-hydrogen) atoms. The number of Topliss-reactive ketones (excluding diaryl/α,β-unsaturated/α-hetero) is 2. The Hall–Kier alpha value is -4.12. The first-order valence-corrected chi connectivity index (χ1v) is 12.4. The summed E-state index contributed by atoms with van der Waals surface area (Å²) < 4.78 is 39.7. The van der Waals surface area contributed by atoms with E-state index in [1.54, 1.807) is 38.4 Å². The van der Waals surface area contributed by atoms with Gasteiger partial charge >= 0.3 is 6.18 Å². The van der Waals surface area contributed by atoms with Gasteiger partial charge in [0.2, 0.25) is 0 Å². The van der Waals surface area contributed by atoms with E-state index in [1.807, 2.05) is 12.1 Å². The van der Waals surface area contributed by atoms with Crippen molar-refractivity contribution >= 4 is 28.6 Å². The molecule has 1 N–H and O–H groups in total. The van der Waals surface area contributed by atoms with Crippen LogP contribution in [0, 0.1) is 6.92 Å². The van der Waals surface area contributed by atoms with Crippen LogP contribution in [0.2, 0.25) is 0 Å². The van der Waals surface area contributed by atoms with Crippen molar-refractivity contribution in [3.63, 3.8) is 0 Å². The minimum atomic E-state index is -4.48. The van der Waals surface area contributed by atoms with Gasteiger partial charge in [-0.15, -0.1) is 11.3 Å². The number of carbonyl (C=O) groups is 2. The Morgan fingerprint density at radius 3 is 2.26 bits per heavy atom. The molecule has 3 aromatic heterocycles. The lowest BCUT2D eigenvalue weighted by Crippen LogP contribution is -2.20. The number of aromatic nitrogens is 3. The number of hydrogen-bond donors (Lipinski definition) is 1. The summed E-state index contributed by atoms with van der Waals surface area (Å²) in [6.45, 7) is 3.01. The van der Waals surface area contributed by atoms with Gasteiger partial charge in [0.05, 0.1) is 26.6 Å². The lowest BCUT2D eigenvalue weighted by molar-refractivity contribution is -0.137. The topological polar surface area (TPSA) is 97.2 Å². The molecule has 0 aliphatic carbocycles. The SMILES string of the molecule is CC(=NCC(=O)c1ccc(C(=O)CCc2ccncc2)s1)c1c(C)[nH]n(-c2ccc(C(F)(F)F)cc2)c1=O. The van der Waals surface area contributed by atoms with Crippen LogP contribution in [-0.4, -0.2) is 38.6 Å². The molecule has 4 rings (SSSR count). The van der Waals surface area contributed by atoms with Gasteiger partial charge in [-0.25, -0.2) is 4.68 Å². The highest BCUT2D eigenvalue weighted by Crippen LogP contribution is 2.29. The van der Waals surface area contributed by atoms with Crippen molar-refractivity contribution < 1.29 is 22.8 Å². The van der Waals surface area contributed by atoms with Gasteiger partial charge in [-0.2, -0.15) is 13.2 Å². The van der Waals surface area contributed by atoms with E-state index in [4.69, 9.17) is 0 Å². The minimum absolute atomic E-state index is 0.0580.